The van der Waals surface area contributed by atoms with Crippen LogP contribution in [0.5, 0.6) is 0 Å². The highest BCUT2D eigenvalue weighted by atomic mass is 35.5. The van der Waals surface area contributed by atoms with Crippen LogP contribution in [0.15, 0.2) is 9.59 Å². The van der Waals surface area contributed by atoms with Crippen LogP contribution in [-0.2, 0) is 20.6 Å². The number of halogens is 1. The van der Waals surface area contributed by atoms with Gasteiger partial charge in [0.25, 0.3) is 5.56 Å². The van der Waals surface area contributed by atoms with E-state index in [4.69, 9.17) is 4.98 Å². The third-order valence-electron chi connectivity index (χ3n) is 6.44. The molecule has 2 unspecified atom stereocenters. The summed E-state index contributed by atoms with van der Waals surface area (Å²) in [4.78, 5) is 32.4. The number of piperidine rings is 1. The van der Waals surface area contributed by atoms with E-state index in [0.717, 1.165) is 38.4 Å². The van der Waals surface area contributed by atoms with Crippen molar-refractivity contribution in [1.29, 1.82) is 0 Å². The third-order valence-corrected chi connectivity index (χ3v) is 6.44. The second-order valence-electron chi connectivity index (χ2n) is 8.09. The third kappa shape index (κ3) is 2.79. The molecule has 3 fully saturated rings. The summed E-state index contributed by atoms with van der Waals surface area (Å²) in [5, 5.41) is 2.30. The van der Waals surface area contributed by atoms with Crippen LogP contribution in [0.25, 0.3) is 11.2 Å². The number of hydrogen-bond acceptors (Lipinski definition) is 6. The Kier molecular flexibility index (Phi) is 5.01. The molecule has 5 rings (SSSR count). The monoisotopic (exact) mass is 409 g/mol. The molecule has 0 spiro atoms. The number of imidazole rings is 1. The molecule has 1 N–H and O–H groups in total. The van der Waals surface area contributed by atoms with Crippen molar-refractivity contribution in [2.75, 3.05) is 24.5 Å². The van der Waals surface area contributed by atoms with E-state index in [9.17, 15) is 9.59 Å². The van der Waals surface area contributed by atoms with Gasteiger partial charge >= 0.3 is 5.69 Å². The first-order chi connectivity index (χ1) is 13.1. The molecule has 0 aliphatic carbocycles. The molecule has 3 saturated heterocycles. The maximum Gasteiger partial charge on any atom is 0.332 e. The molecule has 2 atom stereocenters. The molecular formula is C18H28ClN7O2. The summed E-state index contributed by atoms with van der Waals surface area (Å²) in [5.74, 6) is 0.834. The number of hydrazine groups is 1. The Bertz CT molecular complexity index is 1000. The molecule has 28 heavy (non-hydrogen) atoms. The van der Waals surface area contributed by atoms with Crippen molar-refractivity contribution in [3.05, 3.63) is 20.8 Å². The number of anilines is 1. The summed E-state index contributed by atoms with van der Waals surface area (Å²) < 4.78 is 4.75. The lowest BCUT2D eigenvalue weighted by Gasteiger charge is -2.45. The summed E-state index contributed by atoms with van der Waals surface area (Å²) in [5.41, 5.74) is 3.97. The standard InChI is InChI=1S/C18H27N7O2.ClH/c1-21-15-14(16(26)22(2)18(21)27)24(11-12-13-7-6-10-25(13)20-12)17(19-15)23-8-4-3-5-9-23;/h12-13,20H,3-11H2,1-2H3;1H. The van der Waals surface area contributed by atoms with Crippen molar-refractivity contribution >= 4 is 29.5 Å². The minimum atomic E-state index is -0.328. The number of aryl methyl sites for hydroxylation is 1. The normalized spacial score (nSPS) is 24.9. The topological polar surface area (TPSA) is 80.3 Å². The van der Waals surface area contributed by atoms with E-state index in [-0.39, 0.29) is 23.7 Å². The number of rotatable bonds is 3. The lowest BCUT2D eigenvalue weighted by atomic mass is 10.0. The van der Waals surface area contributed by atoms with Gasteiger partial charge in [0.05, 0.1) is 6.04 Å². The molecule has 154 valence electrons. The van der Waals surface area contributed by atoms with Crippen LogP contribution in [0.4, 0.5) is 5.95 Å². The minimum absolute atomic E-state index is 0. The van der Waals surface area contributed by atoms with Crippen molar-refractivity contribution in [3.63, 3.8) is 0 Å². The molecule has 0 amide bonds. The molecule has 2 aromatic heterocycles. The summed E-state index contributed by atoms with van der Waals surface area (Å²) >= 11 is 0. The molecule has 5 heterocycles. The maximum absolute atomic E-state index is 13.0. The van der Waals surface area contributed by atoms with E-state index in [0.29, 0.717) is 29.8 Å². The molecular weight excluding hydrogens is 382 g/mol. The second kappa shape index (κ2) is 7.20. The van der Waals surface area contributed by atoms with Crippen LogP contribution in [-0.4, -0.2) is 55.4 Å². The zero-order chi connectivity index (χ0) is 18.7. The Balaban J connectivity index is 0.00000192. The fraction of sp³-hybridized carbons (Fsp3) is 0.722. The van der Waals surface area contributed by atoms with E-state index in [1.54, 1.807) is 14.1 Å². The van der Waals surface area contributed by atoms with Gasteiger partial charge < -0.3 is 9.47 Å². The zero-order valence-corrected chi connectivity index (χ0v) is 17.2. The van der Waals surface area contributed by atoms with Crippen molar-refractivity contribution in [3.8, 4) is 0 Å². The van der Waals surface area contributed by atoms with Gasteiger partial charge in [0, 0.05) is 46.3 Å². The first-order valence-electron chi connectivity index (χ1n) is 10.0. The Hall–Kier alpha value is -1.84. The Morgan fingerprint density at radius 1 is 1.04 bits per heavy atom. The predicted molar refractivity (Wildman–Crippen MR) is 110 cm³/mol. The average molecular weight is 410 g/mol. The van der Waals surface area contributed by atoms with Crippen LogP contribution in [0.2, 0.25) is 0 Å². The SMILES string of the molecule is Cl.Cn1c(=O)c2c(nc(N3CCCCC3)n2CC2NN3CCCC23)n(C)c1=O. The largest absolute Gasteiger partial charge is 0.342 e. The van der Waals surface area contributed by atoms with Crippen molar-refractivity contribution in [2.24, 2.45) is 14.1 Å². The number of fused-ring (bicyclic) bond motifs is 2. The molecule has 2 aromatic rings. The van der Waals surface area contributed by atoms with Gasteiger partial charge in [-0.15, -0.1) is 12.4 Å². The van der Waals surface area contributed by atoms with Crippen LogP contribution in [0, 0.1) is 0 Å². The van der Waals surface area contributed by atoms with Gasteiger partial charge in [-0.25, -0.2) is 15.2 Å². The number of nitrogens with one attached hydrogen (secondary N) is 1. The average Bonchev–Trinajstić information content (AvgIpc) is 3.24. The zero-order valence-electron chi connectivity index (χ0n) is 16.4. The van der Waals surface area contributed by atoms with Crippen molar-refractivity contribution in [1.82, 2.24) is 29.1 Å². The van der Waals surface area contributed by atoms with Crippen molar-refractivity contribution < 1.29 is 0 Å². The van der Waals surface area contributed by atoms with Gasteiger partial charge in [-0.2, -0.15) is 4.98 Å². The fourth-order valence-corrected chi connectivity index (χ4v) is 4.89. The first kappa shape index (κ1) is 19.5. The Morgan fingerprint density at radius 3 is 2.50 bits per heavy atom. The van der Waals surface area contributed by atoms with E-state index in [1.807, 2.05) is 0 Å². The summed E-state index contributed by atoms with van der Waals surface area (Å²) in [6.07, 6.45) is 5.92. The molecule has 0 saturated carbocycles. The minimum Gasteiger partial charge on any atom is -0.342 e. The first-order valence-corrected chi connectivity index (χ1v) is 10.0. The van der Waals surface area contributed by atoms with Gasteiger partial charge in [0.1, 0.15) is 0 Å². The molecule has 3 aliphatic rings. The highest BCUT2D eigenvalue weighted by Crippen LogP contribution is 2.30. The molecule has 0 radical (unpaired) electrons. The van der Waals surface area contributed by atoms with Crippen LogP contribution in [0.1, 0.15) is 32.1 Å². The molecule has 9 nitrogen and oxygen atoms in total. The highest BCUT2D eigenvalue weighted by Gasteiger charge is 2.42. The quantitative estimate of drug-likeness (QED) is 0.780. The van der Waals surface area contributed by atoms with Gasteiger partial charge in [0.2, 0.25) is 5.95 Å². The van der Waals surface area contributed by atoms with Gasteiger partial charge in [0.15, 0.2) is 11.2 Å². The fourth-order valence-electron chi connectivity index (χ4n) is 4.89. The molecule has 0 bridgehead atoms. The summed E-state index contributed by atoms with van der Waals surface area (Å²) in [6, 6.07) is 0.850. The van der Waals surface area contributed by atoms with Crippen molar-refractivity contribution in [2.45, 2.75) is 50.7 Å². The maximum atomic E-state index is 13.0. The number of nitrogens with zero attached hydrogens (tertiary/aromatic N) is 6. The van der Waals surface area contributed by atoms with Crippen LogP contribution < -0.4 is 21.6 Å². The smallest absolute Gasteiger partial charge is 0.332 e. The van der Waals surface area contributed by atoms with Gasteiger partial charge in [-0.1, -0.05) is 0 Å². The van der Waals surface area contributed by atoms with Crippen LogP contribution in [0.3, 0.4) is 0 Å². The highest BCUT2D eigenvalue weighted by molar-refractivity contribution is 5.85. The lowest BCUT2D eigenvalue weighted by Crippen LogP contribution is -2.67. The Morgan fingerprint density at radius 2 is 1.79 bits per heavy atom. The summed E-state index contributed by atoms with van der Waals surface area (Å²) in [7, 11) is 3.24. The lowest BCUT2D eigenvalue weighted by molar-refractivity contribution is -0.00311. The molecule has 10 heteroatoms. The Labute approximate surface area is 169 Å². The number of aromatic nitrogens is 4. The van der Waals surface area contributed by atoms with Gasteiger partial charge in [-0.3, -0.25) is 13.9 Å². The second-order valence-corrected chi connectivity index (χ2v) is 8.09. The van der Waals surface area contributed by atoms with E-state index < -0.39 is 0 Å². The van der Waals surface area contributed by atoms with E-state index in [1.165, 1.54) is 28.4 Å². The molecule has 3 aliphatic heterocycles. The van der Waals surface area contributed by atoms with Crippen LogP contribution >= 0.6 is 12.4 Å². The number of hydrogen-bond donors (Lipinski definition) is 1. The van der Waals surface area contributed by atoms with Gasteiger partial charge in [-0.05, 0) is 32.1 Å². The summed E-state index contributed by atoms with van der Waals surface area (Å²) in [6.45, 7) is 3.70. The molecule has 0 aromatic carbocycles. The van der Waals surface area contributed by atoms with E-state index >= 15 is 0 Å². The predicted octanol–water partition coefficient (Wildman–Crippen LogP) is 0.197. The van der Waals surface area contributed by atoms with E-state index in [2.05, 4.69) is 19.9 Å².